The highest BCUT2D eigenvalue weighted by molar-refractivity contribution is 5.95. The minimum atomic E-state index is -0.404. The summed E-state index contributed by atoms with van der Waals surface area (Å²) in [7, 11) is 0. The van der Waals surface area contributed by atoms with Gasteiger partial charge in [0.15, 0.2) is 0 Å². The molecule has 1 N–H and O–H groups in total. The van der Waals surface area contributed by atoms with Crippen molar-refractivity contribution < 1.29 is 14.3 Å². The Morgan fingerprint density at radius 3 is 2.81 bits per heavy atom. The average Bonchev–Trinajstić information content (AvgIpc) is 2.48. The highest BCUT2D eigenvalue weighted by Crippen LogP contribution is 2.25. The second kappa shape index (κ2) is 5.20. The number of nitrogens with zero attached hydrogens (tertiary/aromatic N) is 1. The first-order valence-electron chi connectivity index (χ1n) is 6.91. The van der Waals surface area contributed by atoms with Gasteiger partial charge in [-0.3, -0.25) is 4.79 Å². The van der Waals surface area contributed by atoms with E-state index in [1.165, 1.54) is 12.1 Å². The summed E-state index contributed by atoms with van der Waals surface area (Å²) in [6.07, 6.45) is 0.746. The lowest BCUT2D eigenvalue weighted by atomic mass is 9.98. The Morgan fingerprint density at radius 1 is 1.19 bits per heavy atom. The van der Waals surface area contributed by atoms with E-state index in [0.717, 1.165) is 23.1 Å². The molecule has 21 heavy (non-hydrogen) atoms. The number of hydrogen-bond acceptors (Lipinski definition) is 2. The highest BCUT2D eigenvalue weighted by atomic mass is 19.1. The normalized spacial score (nSPS) is 13.9. The molecule has 1 heterocycles. The molecule has 3 rings (SSSR count). The Morgan fingerprint density at radius 2 is 2.00 bits per heavy atom. The van der Waals surface area contributed by atoms with Gasteiger partial charge < -0.3 is 10.0 Å². The van der Waals surface area contributed by atoms with Crippen LogP contribution in [0.15, 0.2) is 36.4 Å². The summed E-state index contributed by atoms with van der Waals surface area (Å²) < 4.78 is 13.4. The van der Waals surface area contributed by atoms with Crippen molar-refractivity contribution >= 4 is 5.91 Å². The molecule has 1 aliphatic rings. The standard InChI is InChI=1S/C17H16FNO2/c1-11-2-4-14(18)9-16(11)17(21)19-7-6-12-3-5-15(20)8-13(12)10-19/h2-5,8-9,20H,6-7,10H2,1H3. The number of benzene rings is 2. The fourth-order valence-electron chi connectivity index (χ4n) is 2.71. The van der Waals surface area contributed by atoms with Crippen LogP contribution >= 0.6 is 0 Å². The summed E-state index contributed by atoms with van der Waals surface area (Å²) in [5.74, 6) is -0.370. The first-order valence-corrected chi connectivity index (χ1v) is 6.91. The number of aryl methyl sites for hydroxylation is 1. The van der Waals surface area contributed by atoms with Crippen LogP contribution in [0.2, 0.25) is 0 Å². The lowest BCUT2D eigenvalue weighted by molar-refractivity contribution is 0.0733. The van der Waals surface area contributed by atoms with Crippen LogP contribution in [0.1, 0.15) is 27.0 Å². The van der Waals surface area contributed by atoms with Gasteiger partial charge >= 0.3 is 0 Å². The van der Waals surface area contributed by atoms with Crippen molar-refractivity contribution in [3.05, 3.63) is 64.5 Å². The smallest absolute Gasteiger partial charge is 0.254 e. The third-order valence-electron chi connectivity index (χ3n) is 3.92. The number of rotatable bonds is 1. The van der Waals surface area contributed by atoms with Gasteiger partial charge in [0.05, 0.1) is 0 Å². The van der Waals surface area contributed by atoms with Gasteiger partial charge in [0.25, 0.3) is 5.91 Å². The molecule has 0 unspecified atom stereocenters. The van der Waals surface area contributed by atoms with Crippen LogP contribution in [0.25, 0.3) is 0 Å². The van der Waals surface area contributed by atoms with Crippen molar-refractivity contribution in [1.82, 2.24) is 4.90 Å². The molecule has 0 spiro atoms. The van der Waals surface area contributed by atoms with E-state index >= 15 is 0 Å². The number of phenolic OH excluding ortho intramolecular Hbond substituents is 1. The molecule has 0 saturated heterocycles. The quantitative estimate of drug-likeness (QED) is 0.875. The fraction of sp³-hybridized carbons (Fsp3) is 0.235. The summed E-state index contributed by atoms with van der Waals surface area (Å²) >= 11 is 0. The Bertz CT molecular complexity index is 712. The zero-order valence-corrected chi connectivity index (χ0v) is 11.8. The molecular weight excluding hydrogens is 269 g/mol. The van der Waals surface area contributed by atoms with Gasteiger partial charge in [-0.15, -0.1) is 0 Å². The number of halogens is 1. The molecule has 0 radical (unpaired) electrons. The monoisotopic (exact) mass is 285 g/mol. The third kappa shape index (κ3) is 2.61. The van der Waals surface area contributed by atoms with E-state index in [4.69, 9.17) is 0 Å². The second-order valence-electron chi connectivity index (χ2n) is 5.39. The Kier molecular flexibility index (Phi) is 3.37. The maximum Gasteiger partial charge on any atom is 0.254 e. The molecule has 2 aromatic rings. The van der Waals surface area contributed by atoms with Crippen LogP contribution in [-0.4, -0.2) is 22.5 Å². The van der Waals surface area contributed by atoms with Crippen LogP contribution in [0.5, 0.6) is 5.75 Å². The molecule has 0 atom stereocenters. The molecule has 4 heteroatoms. The van der Waals surface area contributed by atoms with Crippen LogP contribution in [0.4, 0.5) is 4.39 Å². The van der Waals surface area contributed by atoms with Crippen molar-refractivity contribution in [3.8, 4) is 5.75 Å². The summed E-state index contributed by atoms with van der Waals surface area (Å²) in [4.78, 5) is 14.3. The molecule has 0 aliphatic carbocycles. The van der Waals surface area contributed by atoms with Gasteiger partial charge in [0.1, 0.15) is 11.6 Å². The molecule has 0 saturated carbocycles. The SMILES string of the molecule is Cc1ccc(F)cc1C(=O)N1CCc2ccc(O)cc2C1. The second-order valence-corrected chi connectivity index (χ2v) is 5.39. The van der Waals surface area contributed by atoms with E-state index in [1.54, 1.807) is 30.0 Å². The predicted octanol–water partition coefficient (Wildman–Crippen LogP) is 3.04. The highest BCUT2D eigenvalue weighted by Gasteiger charge is 2.23. The van der Waals surface area contributed by atoms with Crippen molar-refractivity contribution in [1.29, 1.82) is 0 Å². The van der Waals surface area contributed by atoms with Crippen molar-refractivity contribution in [3.63, 3.8) is 0 Å². The fourth-order valence-corrected chi connectivity index (χ4v) is 2.71. The van der Waals surface area contributed by atoms with Crippen molar-refractivity contribution in [2.75, 3.05) is 6.54 Å². The van der Waals surface area contributed by atoms with Gasteiger partial charge in [-0.2, -0.15) is 0 Å². The van der Waals surface area contributed by atoms with E-state index in [9.17, 15) is 14.3 Å². The van der Waals surface area contributed by atoms with Crippen molar-refractivity contribution in [2.24, 2.45) is 0 Å². The van der Waals surface area contributed by atoms with Gasteiger partial charge in [0, 0.05) is 18.7 Å². The first-order chi connectivity index (χ1) is 10.0. The molecular formula is C17H16FNO2. The minimum Gasteiger partial charge on any atom is -0.508 e. The van der Waals surface area contributed by atoms with Gasteiger partial charge in [-0.25, -0.2) is 4.39 Å². The Labute approximate surface area is 122 Å². The number of phenols is 1. The maximum absolute atomic E-state index is 13.4. The molecule has 108 valence electrons. The topological polar surface area (TPSA) is 40.5 Å². The molecule has 1 aliphatic heterocycles. The van der Waals surface area contributed by atoms with Crippen LogP contribution in [-0.2, 0) is 13.0 Å². The number of carbonyl (C=O) groups is 1. The summed E-state index contributed by atoms with van der Waals surface area (Å²) in [6, 6.07) is 9.50. The van der Waals surface area contributed by atoms with Crippen LogP contribution < -0.4 is 0 Å². The number of amides is 1. The Hall–Kier alpha value is -2.36. The van der Waals surface area contributed by atoms with Gasteiger partial charge in [0.2, 0.25) is 0 Å². The zero-order chi connectivity index (χ0) is 15.0. The minimum absolute atomic E-state index is 0.166. The summed E-state index contributed by atoms with van der Waals surface area (Å²) in [5.41, 5.74) is 3.26. The van der Waals surface area contributed by atoms with E-state index in [2.05, 4.69) is 0 Å². The predicted molar refractivity (Wildman–Crippen MR) is 77.7 cm³/mol. The van der Waals surface area contributed by atoms with Crippen LogP contribution in [0, 0.1) is 12.7 Å². The van der Waals surface area contributed by atoms with Gasteiger partial charge in [-0.05, 0) is 54.3 Å². The molecule has 1 amide bonds. The number of hydrogen-bond donors (Lipinski definition) is 1. The summed E-state index contributed by atoms with van der Waals surface area (Å²) in [5, 5.41) is 9.56. The van der Waals surface area contributed by atoms with Crippen LogP contribution in [0.3, 0.4) is 0 Å². The number of aromatic hydroxyl groups is 1. The Balaban J connectivity index is 1.88. The molecule has 2 aromatic carbocycles. The zero-order valence-electron chi connectivity index (χ0n) is 11.8. The van der Waals surface area contributed by atoms with E-state index < -0.39 is 5.82 Å². The van der Waals surface area contributed by atoms with E-state index in [1.807, 2.05) is 6.07 Å². The van der Waals surface area contributed by atoms with E-state index in [-0.39, 0.29) is 11.7 Å². The molecule has 0 aromatic heterocycles. The van der Waals surface area contributed by atoms with Gasteiger partial charge in [-0.1, -0.05) is 12.1 Å². The molecule has 0 fully saturated rings. The summed E-state index contributed by atoms with van der Waals surface area (Å²) in [6.45, 7) is 2.85. The maximum atomic E-state index is 13.4. The number of fused-ring (bicyclic) bond motifs is 1. The largest absolute Gasteiger partial charge is 0.508 e. The first kappa shape index (κ1) is 13.6. The van der Waals surface area contributed by atoms with Crippen molar-refractivity contribution in [2.45, 2.75) is 19.9 Å². The number of carbonyl (C=O) groups excluding carboxylic acids is 1. The lowest BCUT2D eigenvalue weighted by Crippen LogP contribution is -2.36. The lowest BCUT2D eigenvalue weighted by Gasteiger charge is -2.29. The molecule has 3 nitrogen and oxygen atoms in total. The van der Waals surface area contributed by atoms with E-state index in [0.29, 0.717) is 18.7 Å². The average molecular weight is 285 g/mol. The third-order valence-corrected chi connectivity index (χ3v) is 3.92. The molecule has 0 bridgehead atoms.